The van der Waals surface area contributed by atoms with Gasteiger partial charge in [-0.2, -0.15) is 0 Å². The molecule has 2 aromatic carbocycles. The highest BCUT2D eigenvalue weighted by Crippen LogP contribution is 2.49. The molecular formula is C37H61O3P. The summed E-state index contributed by atoms with van der Waals surface area (Å²) in [6.45, 7) is 29.9. The van der Waals surface area contributed by atoms with Gasteiger partial charge in [-0.3, -0.25) is 0 Å². The van der Waals surface area contributed by atoms with Crippen molar-refractivity contribution in [3.05, 3.63) is 69.8 Å². The fraction of sp³-hybridized carbons (Fsp3) is 0.676. The van der Waals surface area contributed by atoms with Gasteiger partial charge in [0.15, 0.2) is 0 Å². The van der Waals surface area contributed by atoms with Crippen LogP contribution in [0.1, 0.15) is 162 Å². The quantitative estimate of drug-likeness (QED) is 0.204. The van der Waals surface area contributed by atoms with Crippen molar-refractivity contribution in [2.45, 2.75) is 156 Å². The van der Waals surface area contributed by atoms with Gasteiger partial charge in [-0.15, -0.1) is 0 Å². The zero-order chi connectivity index (χ0) is 31.4. The number of benzene rings is 2. The van der Waals surface area contributed by atoms with E-state index in [0.717, 1.165) is 19.3 Å². The Morgan fingerprint density at radius 1 is 0.561 bits per heavy atom. The first-order valence-electron chi connectivity index (χ1n) is 15.8. The van der Waals surface area contributed by atoms with Crippen LogP contribution in [0.5, 0.6) is 0 Å². The second kappa shape index (κ2) is 13.6. The van der Waals surface area contributed by atoms with E-state index in [0.29, 0.717) is 0 Å². The van der Waals surface area contributed by atoms with Crippen molar-refractivity contribution in [1.29, 1.82) is 0 Å². The fourth-order valence-electron chi connectivity index (χ4n) is 5.94. The molecule has 2 aromatic rings. The average Bonchev–Trinajstić information content (AvgIpc) is 2.83. The molecule has 41 heavy (non-hydrogen) atoms. The van der Waals surface area contributed by atoms with Gasteiger partial charge in [0.2, 0.25) is 0 Å². The van der Waals surface area contributed by atoms with Gasteiger partial charge in [0.25, 0.3) is 0 Å². The summed E-state index contributed by atoms with van der Waals surface area (Å²) in [5.74, 6) is 0. The molecule has 0 aliphatic rings. The summed E-state index contributed by atoms with van der Waals surface area (Å²) < 4.78 is 5.90. The van der Waals surface area contributed by atoms with Crippen LogP contribution in [0, 0.1) is 0 Å². The lowest BCUT2D eigenvalue weighted by Gasteiger charge is -2.43. The molecule has 0 fully saturated rings. The molecule has 0 radical (unpaired) electrons. The van der Waals surface area contributed by atoms with Crippen LogP contribution in [0.4, 0.5) is 0 Å². The zero-order valence-electron chi connectivity index (χ0n) is 28.7. The number of unbranched alkanes of at least 4 members (excludes halogenated alkanes) is 4. The minimum absolute atomic E-state index is 0.0211. The zero-order valence-corrected chi connectivity index (χ0v) is 29.6. The largest absolute Gasteiger partial charge is 0.328 e. The standard InChI is InChI=1S/C37H61O3P/c1-14-15-16-17-18-23-37(26-40-41(38)39,29-21-19-27(33(2,3)4)24-31(29)35(8,9)10)30-22-20-28(34(5,6)7)25-32(30)36(11,12)13/h19-22,24-25,38-39H,14-18,23,26H2,1-13H3. The van der Waals surface area contributed by atoms with Gasteiger partial charge in [-0.1, -0.05) is 159 Å². The third kappa shape index (κ3) is 9.37. The highest BCUT2D eigenvalue weighted by molar-refractivity contribution is 7.39. The van der Waals surface area contributed by atoms with Gasteiger partial charge in [-0.25, -0.2) is 0 Å². The monoisotopic (exact) mass is 584 g/mol. The first-order valence-corrected chi connectivity index (χ1v) is 16.9. The van der Waals surface area contributed by atoms with Crippen molar-refractivity contribution >= 4 is 8.60 Å². The van der Waals surface area contributed by atoms with Crippen molar-refractivity contribution < 1.29 is 14.3 Å². The molecular weight excluding hydrogens is 523 g/mol. The lowest BCUT2D eigenvalue weighted by atomic mass is 9.62. The number of rotatable bonds is 11. The molecule has 2 N–H and O–H groups in total. The summed E-state index contributed by atoms with van der Waals surface area (Å²) >= 11 is 0. The molecule has 3 nitrogen and oxygen atoms in total. The lowest BCUT2D eigenvalue weighted by Crippen LogP contribution is -2.38. The molecule has 0 aromatic heterocycles. The number of hydrogen-bond acceptors (Lipinski definition) is 3. The minimum Gasteiger partial charge on any atom is -0.328 e. The van der Waals surface area contributed by atoms with Gasteiger partial charge >= 0.3 is 8.60 Å². The molecule has 4 heteroatoms. The molecule has 2 rings (SSSR count). The topological polar surface area (TPSA) is 49.7 Å². The summed E-state index contributed by atoms with van der Waals surface area (Å²) in [5.41, 5.74) is 7.03. The second-order valence-electron chi connectivity index (χ2n) is 16.3. The first kappa shape index (κ1) is 35.9. The molecule has 232 valence electrons. The Hall–Kier alpha value is -1.25. The van der Waals surface area contributed by atoms with E-state index < -0.39 is 14.0 Å². The van der Waals surface area contributed by atoms with E-state index in [1.165, 1.54) is 52.6 Å². The number of hydrogen-bond donors (Lipinski definition) is 2. The lowest BCUT2D eigenvalue weighted by molar-refractivity contribution is 0.195. The Balaban J connectivity index is 3.05. The maximum Gasteiger partial charge on any atom is 0.327 e. The van der Waals surface area contributed by atoms with Crippen LogP contribution >= 0.6 is 8.60 Å². The van der Waals surface area contributed by atoms with E-state index in [4.69, 9.17) is 4.52 Å². The smallest absolute Gasteiger partial charge is 0.327 e. The predicted octanol–water partition coefficient (Wildman–Crippen LogP) is 10.8. The van der Waals surface area contributed by atoms with Crippen LogP contribution in [-0.2, 0) is 31.6 Å². The van der Waals surface area contributed by atoms with Crippen LogP contribution in [0.15, 0.2) is 36.4 Å². The van der Waals surface area contributed by atoms with Gasteiger partial charge in [0, 0.05) is 5.41 Å². The van der Waals surface area contributed by atoms with Crippen molar-refractivity contribution in [1.82, 2.24) is 0 Å². The van der Waals surface area contributed by atoms with Gasteiger partial charge in [-0.05, 0) is 61.5 Å². The molecule has 0 amide bonds. The third-order valence-electron chi connectivity index (χ3n) is 8.55. The Morgan fingerprint density at radius 2 is 0.976 bits per heavy atom. The van der Waals surface area contributed by atoms with Crippen LogP contribution in [0.3, 0.4) is 0 Å². The van der Waals surface area contributed by atoms with Gasteiger partial charge < -0.3 is 14.3 Å². The molecule has 0 saturated carbocycles. The summed E-state index contributed by atoms with van der Waals surface area (Å²) in [5, 5.41) is 0. The molecule has 0 aliphatic heterocycles. The van der Waals surface area contributed by atoms with E-state index >= 15 is 0 Å². The third-order valence-corrected chi connectivity index (χ3v) is 8.91. The normalized spacial score (nSPS) is 13.8. The molecule has 0 aliphatic carbocycles. The molecule has 0 saturated heterocycles. The molecule has 0 heterocycles. The highest BCUT2D eigenvalue weighted by Gasteiger charge is 2.42. The highest BCUT2D eigenvalue weighted by atomic mass is 31.2. The summed E-state index contributed by atoms with van der Waals surface area (Å²) in [4.78, 5) is 20.2. The van der Waals surface area contributed by atoms with Gasteiger partial charge in [0.1, 0.15) is 0 Å². The summed E-state index contributed by atoms with van der Waals surface area (Å²) in [6.07, 6.45) is 6.74. The average molecular weight is 585 g/mol. The van der Waals surface area contributed by atoms with Gasteiger partial charge in [0.05, 0.1) is 6.61 Å². The minimum atomic E-state index is -2.49. The first-order chi connectivity index (χ1) is 18.6. The molecule has 0 unspecified atom stereocenters. The van der Waals surface area contributed by atoms with Crippen LogP contribution in [-0.4, -0.2) is 16.4 Å². The molecule has 0 bridgehead atoms. The van der Waals surface area contributed by atoms with Crippen molar-refractivity contribution in [2.24, 2.45) is 0 Å². The van der Waals surface area contributed by atoms with Crippen LogP contribution in [0.25, 0.3) is 0 Å². The van der Waals surface area contributed by atoms with Crippen LogP contribution in [0.2, 0.25) is 0 Å². The summed E-state index contributed by atoms with van der Waals surface area (Å²) in [7, 11) is -2.49. The van der Waals surface area contributed by atoms with E-state index in [1.54, 1.807) is 0 Å². The maximum absolute atomic E-state index is 10.1. The Labute approximate surface area is 254 Å². The maximum atomic E-state index is 10.1. The molecule has 0 spiro atoms. The fourth-order valence-corrected chi connectivity index (χ4v) is 6.27. The second-order valence-corrected chi connectivity index (χ2v) is 17.1. The van der Waals surface area contributed by atoms with E-state index in [-0.39, 0.29) is 28.3 Å². The van der Waals surface area contributed by atoms with E-state index in [9.17, 15) is 9.79 Å². The summed E-state index contributed by atoms with van der Waals surface area (Å²) in [6, 6.07) is 14.1. The van der Waals surface area contributed by atoms with E-state index in [2.05, 4.69) is 126 Å². The SMILES string of the molecule is CCCCCCCC(COP(O)O)(c1ccc(C(C)(C)C)cc1C(C)(C)C)c1ccc(C(C)(C)C)cc1C(C)(C)C. The van der Waals surface area contributed by atoms with Crippen molar-refractivity contribution in [3.8, 4) is 0 Å². The Kier molecular flexibility index (Phi) is 11.9. The Bertz CT molecular complexity index is 1050. The Morgan fingerprint density at radius 3 is 1.32 bits per heavy atom. The molecule has 0 atom stereocenters. The van der Waals surface area contributed by atoms with Crippen LogP contribution < -0.4 is 0 Å². The van der Waals surface area contributed by atoms with E-state index in [1.807, 2.05) is 0 Å². The van der Waals surface area contributed by atoms with Crippen molar-refractivity contribution in [2.75, 3.05) is 6.61 Å². The predicted molar refractivity (Wildman–Crippen MR) is 179 cm³/mol. The van der Waals surface area contributed by atoms with Crippen molar-refractivity contribution in [3.63, 3.8) is 0 Å².